The Bertz CT molecular complexity index is 419. The zero-order valence-corrected chi connectivity index (χ0v) is 15.8. The number of nitrogens with zero attached hydrogens (tertiary/aromatic N) is 2. The van der Waals surface area contributed by atoms with Crippen molar-refractivity contribution in [2.24, 2.45) is 10.9 Å². The molecular formula is C18H34N4O3. The van der Waals surface area contributed by atoms with Gasteiger partial charge in [0.15, 0.2) is 5.96 Å². The number of aliphatic imine (C=N–C) groups is 1. The molecule has 0 spiro atoms. The summed E-state index contributed by atoms with van der Waals surface area (Å²) in [5.41, 5.74) is 0. The maximum absolute atomic E-state index is 11.6. The Hall–Kier alpha value is -1.34. The summed E-state index contributed by atoms with van der Waals surface area (Å²) in [6.07, 6.45) is 5.42. The van der Waals surface area contributed by atoms with Gasteiger partial charge in [-0.15, -0.1) is 0 Å². The third kappa shape index (κ3) is 7.61. The van der Waals surface area contributed by atoms with Crippen molar-refractivity contribution in [3.63, 3.8) is 0 Å². The fraction of sp³-hybridized carbons (Fsp3) is 0.889. The van der Waals surface area contributed by atoms with Gasteiger partial charge in [0.1, 0.15) is 0 Å². The second-order valence-corrected chi connectivity index (χ2v) is 6.70. The average Bonchev–Trinajstić information content (AvgIpc) is 3.47. The van der Waals surface area contributed by atoms with E-state index in [1.165, 1.54) is 0 Å². The molecule has 7 nitrogen and oxygen atoms in total. The van der Waals surface area contributed by atoms with Gasteiger partial charge >= 0.3 is 0 Å². The normalized spacial score (nSPS) is 19.1. The number of methoxy groups -OCH3 is 1. The van der Waals surface area contributed by atoms with Crippen molar-refractivity contribution >= 4 is 11.9 Å². The van der Waals surface area contributed by atoms with Crippen LogP contribution in [0.1, 0.15) is 39.0 Å². The molecule has 0 unspecified atom stereocenters. The molecule has 1 amide bonds. The minimum atomic E-state index is 0.187. The summed E-state index contributed by atoms with van der Waals surface area (Å²) in [6.45, 7) is 7.60. The predicted octanol–water partition coefficient (Wildman–Crippen LogP) is 0.996. The largest absolute Gasteiger partial charge is 0.385 e. The van der Waals surface area contributed by atoms with Crippen LogP contribution in [-0.4, -0.2) is 75.9 Å². The molecule has 1 aliphatic heterocycles. The van der Waals surface area contributed by atoms with Crippen molar-refractivity contribution in [1.29, 1.82) is 0 Å². The van der Waals surface area contributed by atoms with Crippen LogP contribution in [0.25, 0.3) is 0 Å². The third-order valence-corrected chi connectivity index (χ3v) is 4.54. The summed E-state index contributed by atoms with van der Waals surface area (Å²) in [5, 5.41) is 6.32. The van der Waals surface area contributed by atoms with E-state index in [0.717, 1.165) is 70.9 Å². The number of amides is 1. The fourth-order valence-corrected chi connectivity index (χ4v) is 2.94. The van der Waals surface area contributed by atoms with Crippen LogP contribution in [0.3, 0.4) is 0 Å². The van der Waals surface area contributed by atoms with E-state index in [4.69, 9.17) is 9.47 Å². The molecule has 25 heavy (non-hydrogen) atoms. The van der Waals surface area contributed by atoms with Gasteiger partial charge in [0.25, 0.3) is 0 Å². The molecule has 1 saturated heterocycles. The minimum absolute atomic E-state index is 0.187. The van der Waals surface area contributed by atoms with Crippen LogP contribution in [0.15, 0.2) is 4.99 Å². The Morgan fingerprint density at radius 3 is 2.56 bits per heavy atom. The van der Waals surface area contributed by atoms with Gasteiger partial charge in [-0.3, -0.25) is 9.79 Å². The molecule has 2 rings (SSSR count). The number of carbonyl (C=O) groups is 1. The number of hydrogen-bond donors (Lipinski definition) is 2. The quantitative estimate of drug-likeness (QED) is 0.348. The van der Waals surface area contributed by atoms with Gasteiger partial charge in [0, 0.05) is 52.4 Å². The Kier molecular flexibility index (Phi) is 9.04. The van der Waals surface area contributed by atoms with E-state index in [2.05, 4.69) is 27.4 Å². The number of guanidine groups is 1. The van der Waals surface area contributed by atoms with E-state index in [0.29, 0.717) is 19.2 Å². The predicted molar refractivity (Wildman–Crippen MR) is 98.8 cm³/mol. The number of piperidine rings is 1. The molecule has 1 heterocycles. The summed E-state index contributed by atoms with van der Waals surface area (Å²) in [6, 6.07) is 0. The highest BCUT2D eigenvalue weighted by Crippen LogP contribution is 2.28. The zero-order valence-electron chi connectivity index (χ0n) is 15.8. The molecule has 0 aromatic carbocycles. The number of hydrogen-bond acceptors (Lipinski definition) is 4. The Morgan fingerprint density at radius 2 is 1.92 bits per heavy atom. The lowest BCUT2D eigenvalue weighted by Gasteiger charge is -2.34. The van der Waals surface area contributed by atoms with Crippen LogP contribution in [0.2, 0.25) is 0 Å². The van der Waals surface area contributed by atoms with Gasteiger partial charge < -0.3 is 25.0 Å². The molecule has 0 bridgehead atoms. The van der Waals surface area contributed by atoms with Gasteiger partial charge in [-0.2, -0.15) is 0 Å². The van der Waals surface area contributed by atoms with Gasteiger partial charge in [0.2, 0.25) is 5.91 Å². The topological polar surface area (TPSA) is 75.2 Å². The van der Waals surface area contributed by atoms with Crippen LogP contribution in [-0.2, 0) is 14.3 Å². The van der Waals surface area contributed by atoms with Crippen molar-refractivity contribution in [2.45, 2.75) is 45.1 Å². The first-order chi connectivity index (χ1) is 12.2. The molecule has 0 aromatic rings. The Morgan fingerprint density at radius 1 is 1.16 bits per heavy atom. The first-order valence-electron chi connectivity index (χ1n) is 9.66. The molecule has 2 N–H and O–H groups in total. The van der Waals surface area contributed by atoms with Gasteiger partial charge in [-0.25, -0.2) is 0 Å². The summed E-state index contributed by atoms with van der Waals surface area (Å²) in [4.78, 5) is 18.6. The SMILES string of the molecule is CCNC(=NCCNC(=O)C1CC1)N1CCC(OCCCOC)CC1. The number of ether oxygens (including phenoxy) is 2. The third-order valence-electron chi connectivity index (χ3n) is 4.54. The standard InChI is InChI=1S/C18H34N4O3/c1-3-19-18(21-10-9-20-17(23)15-5-6-15)22-11-7-16(8-12-22)25-14-4-13-24-2/h15-16H,3-14H2,1-2H3,(H,19,21)(H,20,23). The van der Waals surface area contributed by atoms with Gasteiger partial charge in [-0.1, -0.05) is 0 Å². The molecule has 0 atom stereocenters. The van der Waals surface area contributed by atoms with E-state index < -0.39 is 0 Å². The lowest BCUT2D eigenvalue weighted by molar-refractivity contribution is -0.122. The zero-order chi connectivity index (χ0) is 17.9. The van der Waals surface area contributed by atoms with Crippen LogP contribution < -0.4 is 10.6 Å². The van der Waals surface area contributed by atoms with Crippen LogP contribution in [0.4, 0.5) is 0 Å². The molecule has 7 heteroatoms. The first-order valence-corrected chi connectivity index (χ1v) is 9.66. The second-order valence-electron chi connectivity index (χ2n) is 6.70. The maximum atomic E-state index is 11.6. The second kappa shape index (κ2) is 11.3. The highest BCUT2D eigenvalue weighted by molar-refractivity contribution is 5.81. The van der Waals surface area contributed by atoms with E-state index in [9.17, 15) is 4.79 Å². The highest BCUT2D eigenvalue weighted by Gasteiger charge is 2.29. The van der Waals surface area contributed by atoms with Crippen molar-refractivity contribution < 1.29 is 14.3 Å². The van der Waals surface area contributed by atoms with Gasteiger partial charge in [-0.05, 0) is 39.0 Å². The summed E-state index contributed by atoms with van der Waals surface area (Å²) >= 11 is 0. The molecule has 0 radical (unpaired) electrons. The average molecular weight is 354 g/mol. The lowest BCUT2D eigenvalue weighted by atomic mass is 10.1. The molecule has 2 aliphatic rings. The Labute approximate surface area is 151 Å². The summed E-state index contributed by atoms with van der Waals surface area (Å²) in [5.74, 6) is 1.40. The van der Waals surface area contributed by atoms with Crippen LogP contribution in [0.5, 0.6) is 0 Å². The van der Waals surface area contributed by atoms with Crippen LogP contribution >= 0.6 is 0 Å². The molecule has 2 fully saturated rings. The van der Waals surface area contributed by atoms with E-state index in [1.54, 1.807) is 7.11 Å². The lowest BCUT2D eigenvalue weighted by Crippen LogP contribution is -2.47. The summed E-state index contributed by atoms with van der Waals surface area (Å²) in [7, 11) is 1.72. The maximum Gasteiger partial charge on any atom is 0.223 e. The first kappa shape index (κ1) is 20.0. The number of likely N-dealkylation sites (tertiary alicyclic amines) is 1. The Balaban J connectivity index is 1.66. The van der Waals surface area contributed by atoms with Crippen LogP contribution in [0, 0.1) is 5.92 Å². The summed E-state index contributed by atoms with van der Waals surface area (Å²) < 4.78 is 11.0. The number of nitrogens with one attached hydrogen (secondary N) is 2. The monoisotopic (exact) mass is 354 g/mol. The smallest absolute Gasteiger partial charge is 0.223 e. The minimum Gasteiger partial charge on any atom is -0.385 e. The molecule has 1 aliphatic carbocycles. The van der Waals surface area contributed by atoms with Crippen molar-refractivity contribution in [1.82, 2.24) is 15.5 Å². The number of carbonyl (C=O) groups excluding carboxylic acids is 1. The molecule has 0 aromatic heterocycles. The van der Waals surface area contributed by atoms with Crippen molar-refractivity contribution in [3.8, 4) is 0 Å². The highest BCUT2D eigenvalue weighted by atomic mass is 16.5. The van der Waals surface area contributed by atoms with Crippen molar-refractivity contribution in [3.05, 3.63) is 0 Å². The van der Waals surface area contributed by atoms with Crippen molar-refractivity contribution in [2.75, 3.05) is 53.0 Å². The molecular weight excluding hydrogens is 320 g/mol. The van der Waals surface area contributed by atoms with E-state index >= 15 is 0 Å². The fourth-order valence-electron chi connectivity index (χ4n) is 2.94. The van der Waals surface area contributed by atoms with Gasteiger partial charge in [0.05, 0.1) is 12.6 Å². The number of rotatable bonds is 10. The molecule has 144 valence electrons. The van der Waals surface area contributed by atoms with E-state index in [1.807, 2.05) is 0 Å². The van der Waals surface area contributed by atoms with E-state index in [-0.39, 0.29) is 11.8 Å². The molecule has 1 saturated carbocycles.